The van der Waals surface area contributed by atoms with Crippen molar-refractivity contribution in [2.45, 2.75) is 77.8 Å². The number of carbonyl (C=O) groups is 2. The number of benzene rings is 1. The molecule has 180 valence electrons. The Labute approximate surface area is 192 Å². The van der Waals surface area contributed by atoms with Gasteiger partial charge in [-0.3, -0.25) is 9.59 Å². The van der Waals surface area contributed by atoms with E-state index in [2.05, 4.69) is 0 Å². The van der Waals surface area contributed by atoms with Gasteiger partial charge in [0.15, 0.2) is 11.6 Å². The van der Waals surface area contributed by atoms with Crippen LogP contribution in [0.2, 0.25) is 0 Å². The molecule has 0 radical (unpaired) electrons. The molecule has 2 unspecified atom stereocenters. The van der Waals surface area contributed by atoms with Crippen molar-refractivity contribution in [2.75, 3.05) is 0 Å². The van der Waals surface area contributed by atoms with E-state index in [1.165, 1.54) is 12.1 Å². The number of allylic oxidation sites excluding steroid dienone is 3. The number of hydrogen-bond donors (Lipinski definition) is 2. The molecule has 0 bridgehead atoms. The molecule has 2 aliphatic carbocycles. The normalized spacial score (nSPS) is 22.7. The summed E-state index contributed by atoms with van der Waals surface area (Å²) in [6, 6.07) is 4.71. The Morgan fingerprint density at radius 2 is 1.61 bits per heavy atom. The first-order valence-electron chi connectivity index (χ1n) is 11.7. The lowest BCUT2D eigenvalue weighted by Gasteiger charge is -2.37. The molecule has 4 nitrogen and oxygen atoms in total. The predicted octanol–water partition coefficient (Wildman–Crippen LogP) is 6.97. The van der Waals surface area contributed by atoms with Crippen LogP contribution < -0.4 is 0 Å². The average molecular weight is 465 g/mol. The van der Waals surface area contributed by atoms with Crippen LogP contribution in [0.25, 0.3) is 0 Å². The van der Waals surface area contributed by atoms with Gasteiger partial charge < -0.3 is 10.2 Å². The highest BCUT2D eigenvalue weighted by molar-refractivity contribution is 6.25. The molecule has 0 amide bonds. The number of ketones is 2. The second kappa shape index (κ2) is 9.35. The van der Waals surface area contributed by atoms with Crippen LogP contribution in [0.5, 0.6) is 0 Å². The zero-order valence-corrected chi connectivity index (χ0v) is 19.3. The van der Waals surface area contributed by atoms with Crippen molar-refractivity contribution in [2.24, 2.45) is 11.3 Å². The molecule has 1 aromatic carbocycles. The number of Topliss-reactive ketones (excluding diaryl/α,β-unsaturated/α-hetero) is 2. The first kappa shape index (κ1) is 25.1. The topological polar surface area (TPSA) is 74.6 Å². The number of halogens is 3. The van der Waals surface area contributed by atoms with Crippen molar-refractivity contribution >= 4 is 11.6 Å². The largest absolute Gasteiger partial charge is 0.511 e. The first-order chi connectivity index (χ1) is 15.5. The third kappa shape index (κ3) is 4.46. The molecular formula is C26H31F3O4. The summed E-state index contributed by atoms with van der Waals surface area (Å²) in [7, 11) is 0. The van der Waals surface area contributed by atoms with Crippen LogP contribution in [-0.2, 0) is 15.8 Å². The summed E-state index contributed by atoms with van der Waals surface area (Å²) >= 11 is 0. The van der Waals surface area contributed by atoms with Gasteiger partial charge in [0, 0.05) is 11.5 Å². The zero-order valence-electron chi connectivity index (χ0n) is 19.3. The third-order valence-corrected chi connectivity index (χ3v) is 6.82. The van der Waals surface area contributed by atoms with Gasteiger partial charge in [-0.2, -0.15) is 13.2 Å². The van der Waals surface area contributed by atoms with Gasteiger partial charge in [0.25, 0.3) is 0 Å². The van der Waals surface area contributed by atoms with Crippen LogP contribution in [0.15, 0.2) is 46.9 Å². The molecule has 0 aliphatic heterocycles. The van der Waals surface area contributed by atoms with E-state index < -0.39 is 40.4 Å². The molecule has 2 N–H and O–H groups in total. The quantitative estimate of drug-likeness (QED) is 0.387. The predicted molar refractivity (Wildman–Crippen MR) is 119 cm³/mol. The lowest BCUT2D eigenvalue weighted by atomic mass is 9.66. The average Bonchev–Trinajstić information content (AvgIpc) is 3.56. The number of alkyl halides is 3. The molecular weight excluding hydrogens is 433 g/mol. The number of aliphatic hydroxyl groups excluding tert-OH is 2. The lowest BCUT2D eigenvalue weighted by Crippen LogP contribution is -2.41. The highest BCUT2D eigenvalue weighted by atomic mass is 19.4. The molecule has 1 saturated carbocycles. The molecule has 0 heterocycles. The van der Waals surface area contributed by atoms with Crippen molar-refractivity contribution in [1.29, 1.82) is 0 Å². The van der Waals surface area contributed by atoms with Gasteiger partial charge in [0.2, 0.25) is 0 Å². The zero-order chi connectivity index (χ0) is 24.6. The maximum absolute atomic E-state index is 13.6. The van der Waals surface area contributed by atoms with Crippen molar-refractivity contribution in [3.63, 3.8) is 0 Å². The van der Waals surface area contributed by atoms with Gasteiger partial charge in [-0.1, -0.05) is 52.2 Å². The Hall–Kier alpha value is -2.57. The molecule has 1 aromatic rings. The molecule has 2 atom stereocenters. The van der Waals surface area contributed by atoms with Gasteiger partial charge in [-0.15, -0.1) is 0 Å². The molecule has 1 fully saturated rings. The molecule has 33 heavy (non-hydrogen) atoms. The molecule has 2 aliphatic rings. The summed E-state index contributed by atoms with van der Waals surface area (Å²) in [6.45, 7) is 5.69. The van der Waals surface area contributed by atoms with E-state index in [4.69, 9.17) is 0 Å². The van der Waals surface area contributed by atoms with Crippen LogP contribution in [0.3, 0.4) is 0 Å². The fraction of sp³-hybridized carbons (Fsp3) is 0.538. The van der Waals surface area contributed by atoms with Gasteiger partial charge in [-0.25, -0.2) is 0 Å². The smallest absolute Gasteiger partial charge is 0.416 e. The van der Waals surface area contributed by atoms with Gasteiger partial charge in [0.05, 0.1) is 11.0 Å². The van der Waals surface area contributed by atoms with E-state index in [1.807, 2.05) is 20.8 Å². The summed E-state index contributed by atoms with van der Waals surface area (Å²) in [6.07, 6.45) is -1.10. The van der Waals surface area contributed by atoms with Gasteiger partial charge in [-0.05, 0) is 49.3 Å². The summed E-state index contributed by atoms with van der Waals surface area (Å²) in [5.41, 5.74) is -1.37. The number of hydrogen-bond acceptors (Lipinski definition) is 4. The lowest BCUT2D eigenvalue weighted by molar-refractivity contribution is -0.137. The van der Waals surface area contributed by atoms with Crippen molar-refractivity contribution in [1.82, 2.24) is 0 Å². The van der Waals surface area contributed by atoms with E-state index in [-0.39, 0.29) is 22.8 Å². The Kier molecular flexibility index (Phi) is 7.10. The summed E-state index contributed by atoms with van der Waals surface area (Å²) in [4.78, 5) is 27.0. The molecule has 7 heteroatoms. The molecule has 0 saturated heterocycles. The highest BCUT2D eigenvalue weighted by Gasteiger charge is 2.54. The minimum atomic E-state index is -4.44. The summed E-state index contributed by atoms with van der Waals surface area (Å²) in [5.74, 6) is -2.46. The van der Waals surface area contributed by atoms with Crippen LogP contribution in [0, 0.1) is 11.3 Å². The van der Waals surface area contributed by atoms with E-state index in [0.29, 0.717) is 50.5 Å². The van der Waals surface area contributed by atoms with Gasteiger partial charge in [0.1, 0.15) is 17.1 Å². The molecule has 0 aromatic heterocycles. The highest BCUT2D eigenvalue weighted by Crippen LogP contribution is 2.53. The standard InChI is InChI=1S/C26H31F3O4/c1-4-7-17-21(30)20(24(33)25(12-5-2,13-6-3)23(17)32)22(31)19-14-18(19)15-8-10-16(11-9-15)26(27,28)29/h8-11,18-19,30,32H,4-7,12-14H2,1-3H3. The third-order valence-electron chi connectivity index (χ3n) is 6.82. The molecule has 0 spiro atoms. The Balaban J connectivity index is 1.95. The second-order valence-corrected chi connectivity index (χ2v) is 9.14. The van der Waals surface area contributed by atoms with E-state index in [1.54, 1.807) is 0 Å². The molecule has 3 rings (SSSR count). The minimum Gasteiger partial charge on any atom is -0.511 e. The fourth-order valence-corrected chi connectivity index (χ4v) is 5.12. The van der Waals surface area contributed by atoms with Crippen molar-refractivity contribution in [3.05, 3.63) is 58.1 Å². The fourth-order valence-electron chi connectivity index (χ4n) is 5.12. The monoisotopic (exact) mass is 464 g/mol. The van der Waals surface area contributed by atoms with Crippen LogP contribution >= 0.6 is 0 Å². The van der Waals surface area contributed by atoms with E-state index >= 15 is 0 Å². The number of carbonyl (C=O) groups excluding carboxylic acids is 2. The van der Waals surface area contributed by atoms with Crippen molar-refractivity contribution in [3.8, 4) is 0 Å². The van der Waals surface area contributed by atoms with Gasteiger partial charge >= 0.3 is 6.18 Å². The first-order valence-corrected chi connectivity index (χ1v) is 11.7. The summed E-state index contributed by atoms with van der Waals surface area (Å²) < 4.78 is 38.5. The minimum absolute atomic E-state index is 0.123. The Morgan fingerprint density at radius 3 is 2.09 bits per heavy atom. The number of rotatable bonds is 9. The number of aliphatic hydroxyl groups is 2. The summed E-state index contributed by atoms with van der Waals surface area (Å²) in [5, 5.41) is 21.9. The van der Waals surface area contributed by atoms with Crippen molar-refractivity contribution < 1.29 is 33.0 Å². The SMILES string of the molecule is CCCC1=C(O)C(CCC)(CCC)C(=O)C(C(=O)C2CC2c2ccc(C(F)(F)F)cc2)=C1O. The second-order valence-electron chi connectivity index (χ2n) is 9.14. The van der Waals surface area contributed by atoms with E-state index in [9.17, 15) is 33.0 Å². The van der Waals surface area contributed by atoms with E-state index in [0.717, 1.165) is 12.1 Å². The Morgan fingerprint density at radius 1 is 1.03 bits per heavy atom. The van der Waals surface area contributed by atoms with Crippen LogP contribution in [0.1, 0.15) is 82.8 Å². The van der Waals surface area contributed by atoms with Crippen LogP contribution in [0.4, 0.5) is 13.2 Å². The Bertz CT molecular complexity index is 980. The van der Waals surface area contributed by atoms with Crippen LogP contribution in [-0.4, -0.2) is 21.8 Å². The maximum Gasteiger partial charge on any atom is 0.416 e. The maximum atomic E-state index is 13.6.